The van der Waals surface area contributed by atoms with Crippen LogP contribution in [-0.4, -0.2) is 23.9 Å². The highest BCUT2D eigenvalue weighted by Gasteiger charge is 2.33. The van der Waals surface area contributed by atoms with Crippen LogP contribution in [0.1, 0.15) is 56.5 Å². The molecule has 5 nitrogen and oxygen atoms in total. The molecule has 0 aliphatic carbocycles. The molecule has 23 heavy (non-hydrogen) atoms. The van der Waals surface area contributed by atoms with Crippen molar-refractivity contribution in [2.75, 3.05) is 18.5 Å². The normalized spacial score (nSPS) is 16.0. The van der Waals surface area contributed by atoms with E-state index in [0.29, 0.717) is 31.1 Å². The topological polar surface area (TPSA) is 79.4 Å². The molecule has 0 radical (unpaired) electrons. The Labute approximate surface area is 138 Å². The number of aromatic nitrogens is 1. The van der Waals surface area contributed by atoms with E-state index in [1.807, 2.05) is 0 Å². The van der Waals surface area contributed by atoms with Crippen LogP contribution in [0.2, 0.25) is 0 Å². The number of pyridine rings is 1. The van der Waals surface area contributed by atoms with Crippen molar-refractivity contribution in [3.05, 3.63) is 22.4 Å². The number of rotatable bonds is 6. The lowest BCUT2D eigenvalue weighted by Crippen LogP contribution is -2.36. The molecule has 0 spiro atoms. The molecule has 5 heteroatoms. The monoisotopic (exact) mass is 318 g/mol. The van der Waals surface area contributed by atoms with E-state index in [0.717, 1.165) is 35.5 Å². The van der Waals surface area contributed by atoms with Crippen molar-refractivity contribution in [3.8, 4) is 6.07 Å². The second-order valence-corrected chi connectivity index (χ2v) is 7.25. The van der Waals surface area contributed by atoms with Crippen molar-refractivity contribution in [2.24, 2.45) is 5.92 Å². The number of hydrogen-bond acceptors (Lipinski definition) is 4. The molecule has 0 aromatic carbocycles. The summed E-state index contributed by atoms with van der Waals surface area (Å²) in [6.07, 6.45) is 2.32. The van der Waals surface area contributed by atoms with E-state index < -0.39 is 0 Å². The molecule has 1 aliphatic heterocycles. The number of aromatic amines is 1. The Hall–Kier alpha value is -1.64. The first-order valence-corrected chi connectivity index (χ1v) is 8.36. The van der Waals surface area contributed by atoms with Gasteiger partial charge in [-0.05, 0) is 25.3 Å². The summed E-state index contributed by atoms with van der Waals surface area (Å²) in [6.45, 7) is 9.83. The minimum Gasteiger partial charge on any atom is -0.396 e. The average molecular weight is 318 g/mol. The van der Waals surface area contributed by atoms with Crippen LogP contribution < -0.4 is 10.3 Å². The van der Waals surface area contributed by atoms with E-state index in [4.69, 9.17) is 9.84 Å². The summed E-state index contributed by atoms with van der Waals surface area (Å²) < 4.78 is 5.97. The van der Waals surface area contributed by atoms with Gasteiger partial charge in [-0.2, -0.15) is 5.26 Å². The molecule has 0 bridgehead atoms. The second-order valence-electron chi connectivity index (χ2n) is 7.25. The number of ether oxygens (including phenoxy) is 1. The zero-order valence-electron chi connectivity index (χ0n) is 14.6. The van der Waals surface area contributed by atoms with Crippen molar-refractivity contribution in [3.63, 3.8) is 0 Å². The van der Waals surface area contributed by atoms with E-state index in [1.165, 1.54) is 0 Å². The van der Waals surface area contributed by atoms with Crippen LogP contribution in [0.15, 0.2) is 0 Å². The van der Waals surface area contributed by atoms with Crippen molar-refractivity contribution in [2.45, 2.75) is 59.2 Å². The van der Waals surface area contributed by atoms with Gasteiger partial charge in [0.15, 0.2) is 0 Å². The van der Waals surface area contributed by atoms with Crippen LogP contribution >= 0.6 is 0 Å². The van der Waals surface area contributed by atoms with Crippen LogP contribution in [0.3, 0.4) is 0 Å². The molecule has 126 valence electrons. The fourth-order valence-corrected chi connectivity index (χ4v) is 3.02. The Morgan fingerprint density at radius 1 is 1.39 bits per heavy atom. The number of anilines is 1. The highest BCUT2D eigenvalue weighted by molar-refractivity contribution is 5.56. The van der Waals surface area contributed by atoms with Crippen LogP contribution in [0.5, 0.6) is 0 Å². The minimum atomic E-state index is -0.253. The maximum atomic E-state index is 9.67. The van der Waals surface area contributed by atoms with Crippen molar-refractivity contribution in [1.82, 2.24) is 0 Å². The molecule has 0 atom stereocenters. The number of nitrogens with one attached hydrogen (secondary N) is 2. The van der Waals surface area contributed by atoms with Gasteiger partial charge < -0.3 is 9.84 Å². The maximum absolute atomic E-state index is 9.67. The van der Waals surface area contributed by atoms with Crippen molar-refractivity contribution in [1.29, 1.82) is 5.26 Å². The van der Waals surface area contributed by atoms with E-state index in [9.17, 15) is 5.26 Å². The first-order valence-electron chi connectivity index (χ1n) is 8.36. The number of aliphatic hydroxyl groups is 1. The van der Waals surface area contributed by atoms with E-state index >= 15 is 0 Å². The van der Waals surface area contributed by atoms with Gasteiger partial charge in [0.2, 0.25) is 0 Å². The first kappa shape index (κ1) is 17.7. The highest BCUT2D eigenvalue weighted by Crippen LogP contribution is 2.33. The molecule has 1 aliphatic rings. The molecule has 3 N–H and O–H groups in total. The molecule has 1 aromatic heterocycles. The first-order chi connectivity index (χ1) is 10.9. The summed E-state index contributed by atoms with van der Waals surface area (Å²) in [5, 5.41) is 21.9. The summed E-state index contributed by atoms with van der Waals surface area (Å²) in [4.78, 5) is 3.41. The predicted octanol–water partition coefficient (Wildman–Crippen LogP) is 2.22. The molecular weight excluding hydrogens is 290 g/mol. The molecule has 0 fully saturated rings. The van der Waals surface area contributed by atoms with E-state index in [1.54, 1.807) is 0 Å². The SMILES string of the molecule is CC(C)Cc1[nH+]c(NCCCO)c(C#N)c2c1COC(C)(C)C2. The number of H-pyrrole nitrogens is 1. The van der Waals surface area contributed by atoms with Gasteiger partial charge in [0, 0.05) is 31.4 Å². The summed E-state index contributed by atoms with van der Waals surface area (Å²) in [5.74, 6) is 1.29. The zero-order valence-corrected chi connectivity index (χ0v) is 14.6. The van der Waals surface area contributed by atoms with E-state index in [2.05, 4.69) is 44.1 Å². The molecule has 1 aromatic rings. The minimum absolute atomic E-state index is 0.138. The molecule has 2 heterocycles. The highest BCUT2D eigenvalue weighted by atomic mass is 16.5. The van der Waals surface area contributed by atoms with Gasteiger partial charge >= 0.3 is 0 Å². The van der Waals surface area contributed by atoms with Gasteiger partial charge in [-0.15, -0.1) is 0 Å². The second kappa shape index (κ2) is 7.29. The lowest BCUT2D eigenvalue weighted by molar-refractivity contribution is -0.376. The Kier molecular flexibility index (Phi) is 5.61. The third kappa shape index (κ3) is 4.21. The number of nitriles is 1. The van der Waals surface area contributed by atoms with Crippen molar-refractivity contribution < 1.29 is 14.8 Å². The third-order valence-electron chi connectivity index (χ3n) is 4.13. The number of hydrogen-bond donors (Lipinski definition) is 2. The quantitative estimate of drug-likeness (QED) is 0.788. The molecular formula is C18H28N3O2+. The Bertz CT molecular complexity index is 603. The molecule has 0 saturated carbocycles. The van der Waals surface area contributed by atoms with Crippen LogP contribution in [0.4, 0.5) is 5.82 Å². The van der Waals surface area contributed by atoms with Gasteiger partial charge in [-0.3, -0.25) is 5.32 Å². The average Bonchev–Trinajstić information content (AvgIpc) is 2.46. The van der Waals surface area contributed by atoms with Gasteiger partial charge in [0.1, 0.15) is 17.3 Å². The lowest BCUT2D eigenvalue weighted by atomic mass is 9.87. The van der Waals surface area contributed by atoms with Gasteiger partial charge in [0.25, 0.3) is 5.82 Å². The predicted molar refractivity (Wildman–Crippen MR) is 89.0 cm³/mol. The Balaban J connectivity index is 2.49. The van der Waals surface area contributed by atoms with Gasteiger partial charge in [-0.1, -0.05) is 13.8 Å². The number of aliphatic hydroxyl groups excluding tert-OH is 1. The van der Waals surface area contributed by atoms with Gasteiger partial charge in [0.05, 0.1) is 18.8 Å². The van der Waals surface area contributed by atoms with E-state index in [-0.39, 0.29) is 12.2 Å². The molecule has 0 unspecified atom stereocenters. The molecule has 0 saturated heterocycles. The molecule has 0 amide bonds. The third-order valence-corrected chi connectivity index (χ3v) is 4.13. The summed E-state index contributed by atoms with van der Waals surface area (Å²) in [5.41, 5.74) is 3.82. The van der Waals surface area contributed by atoms with Crippen LogP contribution in [0.25, 0.3) is 0 Å². The summed E-state index contributed by atoms with van der Waals surface area (Å²) in [7, 11) is 0. The Morgan fingerprint density at radius 3 is 2.74 bits per heavy atom. The van der Waals surface area contributed by atoms with Gasteiger partial charge in [-0.25, -0.2) is 4.98 Å². The largest absolute Gasteiger partial charge is 0.396 e. The maximum Gasteiger partial charge on any atom is 0.290 e. The fourth-order valence-electron chi connectivity index (χ4n) is 3.02. The number of nitrogens with zero attached hydrogens (tertiary/aromatic N) is 1. The lowest BCUT2D eigenvalue weighted by Gasteiger charge is -2.33. The number of fused-ring (bicyclic) bond motifs is 1. The fraction of sp³-hybridized carbons (Fsp3) is 0.667. The summed E-state index contributed by atoms with van der Waals surface area (Å²) >= 11 is 0. The van der Waals surface area contributed by atoms with Crippen LogP contribution in [-0.2, 0) is 24.2 Å². The van der Waals surface area contributed by atoms with Crippen molar-refractivity contribution >= 4 is 5.82 Å². The van der Waals surface area contributed by atoms with Crippen LogP contribution in [0, 0.1) is 17.2 Å². The molecule has 2 rings (SSSR count). The zero-order chi connectivity index (χ0) is 17.0. The summed E-state index contributed by atoms with van der Waals surface area (Å²) in [6, 6.07) is 2.36. The smallest absolute Gasteiger partial charge is 0.290 e. The standard InChI is InChI=1S/C18H27N3O2/c1-12(2)8-16-15-11-23-18(3,4)9-13(15)14(10-19)17(21-16)20-6-5-7-22/h12,22H,5-9,11H2,1-4H3,(H,20,21)/p+1. The Morgan fingerprint density at radius 2 is 2.13 bits per heavy atom.